The highest BCUT2D eigenvalue weighted by atomic mass is 16.6. The van der Waals surface area contributed by atoms with Crippen LogP contribution in [0.4, 0.5) is 0 Å². The van der Waals surface area contributed by atoms with Crippen LogP contribution in [0.15, 0.2) is 0 Å². The molecule has 212 valence electrons. The van der Waals surface area contributed by atoms with Gasteiger partial charge < -0.3 is 33.5 Å². The van der Waals surface area contributed by atoms with Gasteiger partial charge in [-0.15, -0.1) is 0 Å². The summed E-state index contributed by atoms with van der Waals surface area (Å²) in [5.74, 6) is -2.71. The normalized spacial score (nSPS) is 31.1. The third-order valence-electron chi connectivity index (χ3n) is 8.20. The zero-order valence-corrected chi connectivity index (χ0v) is 22.6. The van der Waals surface area contributed by atoms with Gasteiger partial charge in [0.1, 0.15) is 36.6 Å². The number of carbonyl (C=O) groups is 3. The van der Waals surface area contributed by atoms with Crippen molar-refractivity contribution in [1.82, 2.24) is 0 Å². The standard InChI is InChI=1S/C27H44O10/c1-4-24(10-7-13-35-24)18-32-21(28)16-27(31,23(30)34-20-26(6-3)12-9-15-37-26)17-22(29)33-19-25(5-2)11-8-14-36-25/h31H,4-20H2,1-3H3. The second-order valence-corrected chi connectivity index (χ2v) is 10.7. The van der Waals surface area contributed by atoms with Crippen LogP contribution in [0.1, 0.15) is 91.4 Å². The van der Waals surface area contributed by atoms with Crippen molar-refractivity contribution in [3.8, 4) is 0 Å². The minimum absolute atomic E-state index is 0.0149. The van der Waals surface area contributed by atoms with Crippen molar-refractivity contribution < 1.29 is 47.9 Å². The summed E-state index contributed by atoms with van der Waals surface area (Å²) in [5.41, 5.74) is -4.18. The first-order chi connectivity index (χ1) is 17.6. The number of hydrogen-bond acceptors (Lipinski definition) is 10. The summed E-state index contributed by atoms with van der Waals surface area (Å²) >= 11 is 0. The highest BCUT2D eigenvalue weighted by Crippen LogP contribution is 2.33. The summed E-state index contributed by atoms with van der Waals surface area (Å²) in [5, 5.41) is 11.3. The zero-order chi connectivity index (χ0) is 27.0. The van der Waals surface area contributed by atoms with E-state index in [1.54, 1.807) is 0 Å². The molecule has 3 saturated heterocycles. The van der Waals surface area contributed by atoms with Crippen molar-refractivity contribution in [3.63, 3.8) is 0 Å². The molecule has 3 fully saturated rings. The summed E-state index contributed by atoms with van der Waals surface area (Å²) in [6.07, 6.45) is 5.31. The fourth-order valence-corrected chi connectivity index (χ4v) is 5.29. The highest BCUT2D eigenvalue weighted by Gasteiger charge is 2.46. The summed E-state index contributed by atoms with van der Waals surface area (Å²) in [6, 6.07) is 0. The van der Waals surface area contributed by atoms with E-state index >= 15 is 0 Å². The van der Waals surface area contributed by atoms with E-state index in [4.69, 9.17) is 28.4 Å². The lowest BCUT2D eigenvalue weighted by atomic mass is 9.94. The van der Waals surface area contributed by atoms with Crippen LogP contribution in [-0.2, 0) is 42.8 Å². The van der Waals surface area contributed by atoms with Crippen LogP contribution in [-0.4, -0.2) is 85.1 Å². The van der Waals surface area contributed by atoms with Crippen LogP contribution in [0.3, 0.4) is 0 Å². The predicted octanol–water partition coefficient (Wildman–Crippen LogP) is 3.00. The van der Waals surface area contributed by atoms with E-state index in [9.17, 15) is 19.5 Å². The van der Waals surface area contributed by atoms with Gasteiger partial charge in [-0.3, -0.25) is 9.59 Å². The van der Waals surface area contributed by atoms with Crippen molar-refractivity contribution in [2.45, 2.75) is 114 Å². The van der Waals surface area contributed by atoms with Crippen molar-refractivity contribution >= 4 is 17.9 Å². The van der Waals surface area contributed by atoms with Gasteiger partial charge in [-0.25, -0.2) is 4.79 Å². The maximum absolute atomic E-state index is 13.1. The van der Waals surface area contributed by atoms with E-state index in [1.807, 2.05) is 20.8 Å². The molecule has 0 aromatic heterocycles. The Labute approximate surface area is 219 Å². The van der Waals surface area contributed by atoms with Gasteiger partial charge in [0, 0.05) is 19.8 Å². The van der Waals surface area contributed by atoms with Crippen LogP contribution in [0.2, 0.25) is 0 Å². The lowest BCUT2D eigenvalue weighted by Crippen LogP contribution is -2.47. The second kappa shape index (κ2) is 12.9. The maximum Gasteiger partial charge on any atom is 0.339 e. The van der Waals surface area contributed by atoms with Gasteiger partial charge in [-0.05, 0) is 57.8 Å². The summed E-state index contributed by atoms with van der Waals surface area (Å²) in [4.78, 5) is 38.6. The van der Waals surface area contributed by atoms with Crippen LogP contribution >= 0.6 is 0 Å². The molecule has 0 aromatic carbocycles. The Morgan fingerprint density at radius 1 is 0.676 bits per heavy atom. The van der Waals surface area contributed by atoms with Gasteiger partial charge in [-0.2, -0.15) is 0 Å². The zero-order valence-electron chi connectivity index (χ0n) is 22.6. The molecule has 1 N–H and O–H groups in total. The number of esters is 3. The average molecular weight is 529 g/mol. The minimum Gasteiger partial charge on any atom is -0.463 e. The Balaban J connectivity index is 1.64. The van der Waals surface area contributed by atoms with Crippen LogP contribution in [0.5, 0.6) is 0 Å². The van der Waals surface area contributed by atoms with E-state index in [-0.39, 0.29) is 19.8 Å². The molecule has 0 aliphatic carbocycles. The molecule has 0 bridgehead atoms. The number of rotatable bonds is 14. The molecular weight excluding hydrogens is 484 g/mol. The van der Waals surface area contributed by atoms with E-state index < -0.39 is 53.2 Å². The third kappa shape index (κ3) is 7.65. The topological polar surface area (TPSA) is 127 Å². The van der Waals surface area contributed by atoms with Gasteiger partial charge >= 0.3 is 17.9 Å². The predicted molar refractivity (Wildman–Crippen MR) is 132 cm³/mol. The molecule has 0 amide bonds. The first-order valence-electron chi connectivity index (χ1n) is 13.8. The molecule has 0 spiro atoms. The quantitative estimate of drug-likeness (QED) is 0.265. The van der Waals surface area contributed by atoms with Crippen molar-refractivity contribution in [1.29, 1.82) is 0 Å². The van der Waals surface area contributed by atoms with Gasteiger partial charge in [0.15, 0.2) is 5.60 Å². The van der Waals surface area contributed by atoms with E-state index in [0.717, 1.165) is 38.5 Å². The molecule has 37 heavy (non-hydrogen) atoms. The monoisotopic (exact) mass is 528 g/mol. The first-order valence-corrected chi connectivity index (χ1v) is 13.8. The molecule has 10 heteroatoms. The smallest absolute Gasteiger partial charge is 0.339 e. The summed E-state index contributed by atoms with van der Waals surface area (Å²) < 4.78 is 33.6. The van der Waals surface area contributed by atoms with E-state index in [2.05, 4.69) is 0 Å². The van der Waals surface area contributed by atoms with Crippen LogP contribution in [0.25, 0.3) is 0 Å². The molecule has 3 rings (SSSR count). The van der Waals surface area contributed by atoms with Crippen LogP contribution in [0, 0.1) is 0 Å². The van der Waals surface area contributed by atoms with Crippen molar-refractivity contribution in [3.05, 3.63) is 0 Å². The van der Waals surface area contributed by atoms with Crippen molar-refractivity contribution in [2.24, 2.45) is 0 Å². The lowest BCUT2D eigenvalue weighted by Gasteiger charge is -2.31. The van der Waals surface area contributed by atoms with Crippen LogP contribution < -0.4 is 0 Å². The average Bonchev–Trinajstić information content (AvgIpc) is 3.67. The summed E-state index contributed by atoms with van der Waals surface area (Å²) in [6.45, 7) is 7.55. The van der Waals surface area contributed by atoms with Crippen molar-refractivity contribution in [2.75, 3.05) is 39.6 Å². The minimum atomic E-state index is -2.44. The Bertz CT molecular complexity index is 734. The summed E-state index contributed by atoms with van der Waals surface area (Å²) in [7, 11) is 0. The number of aliphatic hydroxyl groups is 1. The maximum atomic E-state index is 13.1. The molecule has 0 radical (unpaired) electrons. The van der Waals surface area contributed by atoms with E-state index in [1.165, 1.54) is 0 Å². The fourth-order valence-electron chi connectivity index (χ4n) is 5.29. The second-order valence-electron chi connectivity index (χ2n) is 10.7. The Morgan fingerprint density at radius 2 is 1.03 bits per heavy atom. The van der Waals surface area contributed by atoms with Gasteiger partial charge in [0.25, 0.3) is 0 Å². The van der Waals surface area contributed by atoms with E-state index in [0.29, 0.717) is 39.1 Å². The largest absolute Gasteiger partial charge is 0.463 e. The molecular formula is C27H44O10. The fraction of sp³-hybridized carbons (Fsp3) is 0.889. The Hall–Kier alpha value is -1.75. The number of hydrogen-bond donors (Lipinski definition) is 1. The van der Waals surface area contributed by atoms with Gasteiger partial charge in [0.05, 0.1) is 12.8 Å². The number of carbonyl (C=O) groups excluding carboxylic acids is 3. The van der Waals surface area contributed by atoms with Gasteiger partial charge in [-0.1, -0.05) is 20.8 Å². The third-order valence-corrected chi connectivity index (χ3v) is 8.20. The molecule has 3 aliphatic rings. The molecule has 3 unspecified atom stereocenters. The first kappa shape index (κ1) is 29.8. The molecule has 3 aliphatic heterocycles. The number of ether oxygens (including phenoxy) is 6. The molecule has 3 heterocycles. The molecule has 0 saturated carbocycles. The Kier molecular flexibility index (Phi) is 10.4. The Morgan fingerprint density at radius 3 is 1.32 bits per heavy atom. The molecule has 0 aromatic rings. The lowest BCUT2D eigenvalue weighted by molar-refractivity contribution is -0.185. The van der Waals surface area contributed by atoms with Gasteiger partial charge in [0.2, 0.25) is 0 Å². The molecule has 3 atom stereocenters. The molecule has 10 nitrogen and oxygen atoms in total. The SMILES string of the molecule is CCC1(COC(=O)CC(O)(CC(=O)OCC2(CC)CCCO2)C(=O)OCC2(CC)CCCO2)CCCO1. The highest BCUT2D eigenvalue weighted by molar-refractivity contribution is 5.90.